The van der Waals surface area contributed by atoms with Crippen LogP contribution in [0.4, 0.5) is 0 Å². The van der Waals surface area contributed by atoms with Gasteiger partial charge in [-0.25, -0.2) is 0 Å². The lowest BCUT2D eigenvalue weighted by Gasteiger charge is -2.16. The zero-order valence-corrected chi connectivity index (χ0v) is 13.2. The molecule has 0 aliphatic heterocycles. The lowest BCUT2D eigenvalue weighted by atomic mass is 9.82. The van der Waals surface area contributed by atoms with E-state index in [4.69, 9.17) is 14.6 Å². The Balaban J connectivity index is 4.33. The predicted molar refractivity (Wildman–Crippen MR) is 77.1 cm³/mol. The van der Waals surface area contributed by atoms with Crippen LogP contribution in [0.25, 0.3) is 0 Å². The number of aliphatic hydroxyl groups is 1. The van der Waals surface area contributed by atoms with E-state index in [1.807, 2.05) is 22.4 Å². The molecule has 0 radical (unpaired) electrons. The summed E-state index contributed by atoms with van der Waals surface area (Å²) in [6.07, 6.45) is -0.215. The largest absolute Gasteiger partial charge is 0.463 e. The third-order valence-corrected chi connectivity index (χ3v) is 3.11. The van der Waals surface area contributed by atoms with E-state index in [-0.39, 0.29) is 30.0 Å². The van der Waals surface area contributed by atoms with Gasteiger partial charge in [0.1, 0.15) is 6.61 Å². The van der Waals surface area contributed by atoms with E-state index in [9.17, 15) is 9.59 Å². The Morgan fingerprint density at radius 2 is 2.06 bits per heavy atom. The summed E-state index contributed by atoms with van der Waals surface area (Å²) >= 11 is 2.03. The van der Waals surface area contributed by atoms with Gasteiger partial charge in [0.05, 0.1) is 24.9 Å². The first-order valence-corrected chi connectivity index (χ1v) is 7.16. The molecule has 0 bridgehead atoms. The van der Waals surface area contributed by atoms with Gasteiger partial charge in [-0.15, -0.1) is 22.4 Å². The molecule has 8 heteroatoms. The number of hydrogen-bond donors (Lipinski definition) is 1. The van der Waals surface area contributed by atoms with E-state index in [1.165, 1.54) is 0 Å². The molecule has 98 valence electrons. The van der Waals surface area contributed by atoms with Gasteiger partial charge in [0.15, 0.2) is 0 Å². The molecule has 0 spiro atoms. The molecule has 0 heterocycles. The summed E-state index contributed by atoms with van der Waals surface area (Å²) in [5, 5.41) is 8.56. The van der Waals surface area contributed by atoms with E-state index in [1.54, 1.807) is 13.8 Å². The van der Waals surface area contributed by atoms with Crippen molar-refractivity contribution in [1.29, 1.82) is 0 Å². The quantitative estimate of drug-likeness (QED) is 0.312. The van der Waals surface area contributed by atoms with Gasteiger partial charge in [-0.3, -0.25) is 9.59 Å². The van der Waals surface area contributed by atoms with Crippen molar-refractivity contribution < 1.29 is 24.2 Å². The standard InChI is InChI=1S/C9H17BIO5P/c1-6(2)16-8(13)5-7(10(11)17)9(14)15-4-3-12/h6-7,12H,3-5,17H2,1-2H3. The molecular weight excluding hydrogens is 357 g/mol. The summed E-state index contributed by atoms with van der Waals surface area (Å²) in [6.45, 7) is 3.22. The van der Waals surface area contributed by atoms with Crippen molar-refractivity contribution in [3.63, 3.8) is 0 Å². The summed E-state index contributed by atoms with van der Waals surface area (Å²) in [6, 6.07) is 0. The summed E-state index contributed by atoms with van der Waals surface area (Å²) in [7, 11) is 2.46. The first kappa shape index (κ1) is 17.1. The van der Waals surface area contributed by atoms with Crippen LogP contribution in [0.5, 0.6) is 0 Å². The fourth-order valence-electron chi connectivity index (χ4n) is 1.07. The number of hydrogen-bond acceptors (Lipinski definition) is 5. The second-order valence-electron chi connectivity index (χ2n) is 3.68. The van der Waals surface area contributed by atoms with E-state index >= 15 is 0 Å². The molecule has 17 heavy (non-hydrogen) atoms. The van der Waals surface area contributed by atoms with E-state index in [2.05, 4.69) is 9.12 Å². The molecule has 0 aliphatic rings. The highest BCUT2D eigenvalue weighted by molar-refractivity contribution is 14.1. The van der Waals surface area contributed by atoms with Gasteiger partial charge in [-0.2, -0.15) is 9.12 Å². The number of esters is 2. The normalized spacial score (nSPS) is 12.1. The smallest absolute Gasteiger partial charge is 0.306 e. The Bertz CT molecular complexity index is 262. The minimum Gasteiger partial charge on any atom is -0.463 e. The van der Waals surface area contributed by atoms with Crippen LogP contribution in [0.15, 0.2) is 0 Å². The average molecular weight is 374 g/mol. The third kappa shape index (κ3) is 7.94. The maximum Gasteiger partial charge on any atom is 0.306 e. The second-order valence-corrected chi connectivity index (χ2v) is 7.20. The number of aliphatic hydroxyl groups excluding tert-OH is 1. The lowest BCUT2D eigenvalue weighted by molar-refractivity contribution is -0.152. The molecule has 0 aromatic carbocycles. The summed E-state index contributed by atoms with van der Waals surface area (Å²) < 4.78 is 9.66. The molecule has 0 amide bonds. The molecule has 0 saturated carbocycles. The van der Waals surface area contributed by atoms with Crippen LogP contribution in [0, 0.1) is 0 Å². The van der Waals surface area contributed by atoms with Crippen LogP contribution in [0.3, 0.4) is 0 Å². The first-order chi connectivity index (χ1) is 7.88. The zero-order valence-electron chi connectivity index (χ0n) is 9.89. The molecule has 2 atom stereocenters. The molecule has 0 saturated heterocycles. The Labute approximate surface area is 117 Å². The van der Waals surface area contributed by atoms with Crippen molar-refractivity contribution >= 4 is 47.7 Å². The predicted octanol–water partition coefficient (Wildman–Crippen LogP) is 1.03. The topological polar surface area (TPSA) is 72.8 Å². The molecule has 2 unspecified atom stereocenters. The maximum atomic E-state index is 11.6. The Morgan fingerprint density at radius 3 is 2.47 bits per heavy atom. The van der Waals surface area contributed by atoms with E-state index in [0.717, 1.165) is 0 Å². The van der Waals surface area contributed by atoms with Crippen LogP contribution < -0.4 is 0 Å². The summed E-state index contributed by atoms with van der Waals surface area (Å²) in [4.78, 5) is 23.1. The van der Waals surface area contributed by atoms with Crippen molar-refractivity contribution in [2.24, 2.45) is 0 Å². The molecule has 0 aromatic heterocycles. The number of halogens is 1. The maximum absolute atomic E-state index is 11.6. The van der Waals surface area contributed by atoms with Crippen LogP contribution in [0.1, 0.15) is 20.3 Å². The minimum absolute atomic E-state index is 0.0143. The zero-order chi connectivity index (χ0) is 13.4. The van der Waals surface area contributed by atoms with Crippen molar-refractivity contribution in [1.82, 2.24) is 0 Å². The van der Waals surface area contributed by atoms with Gasteiger partial charge in [-0.05, 0) is 13.8 Å². The van der Waals surface area contributed by atoms with Crippen LogP contribution in [0.2, 0.25) is 5.82 Å². The molecule has 1 N–H and O–H groups in total. The fraction of sp³-hybridized carbons (Fsp3) is 0.778. The molecule has 0 fully saturated rings. The van der Waals surface area contributed by atoms with Crippen molar-refractivity contribution in [2.75, 3.05) is 13.2 Å². The molecular formula is C9H17BIO5P. The van der Waals surface area contributed by atoms with Crippen molar-refractivity contribution in [3.8, 4) is 0 Å². The van der Waals surface area contributed by atoms with Crippen LogP contribution >= 0.6 is 31.5 Å². The molecule has 0 rings (SSSR count). The summed E-state index contributed by atoms with van der Waals surface area (Å²) in [5.74, 6) is -1.48. The third-order valence-electron chi connectivity index (χ3n) is 1.78. The van der Waals surface area contributed by atoms with Crippen LogP contribution in [-0.2, 0) is 19.1 Å². The van der Waals surface area contributed by atoms with Crippen LogP contribution in [-0.4, -0.2) is 40.7 Å². The number of carbonyl (C=O) groups is 2. The Morgan fingerprint density at radius 1 is 1.47 bits per heavy atom. The van der Waals surface area contributed by atoms with E-state index < -0.39 is 17.8 Å². The van der Waals surface area contributed by atoms with E-state index in [0.29, 0.717) is 0 Å². The lowest BCUT2D eigenvalue weighted by Crippen LogP contribution is -2.25. The second kappa shape index (κ2) is 9.11. The average Bonchev–Trinajstić information content (AvgIpc) is 2.21. The van der Waals surface area contributed by atoms with Gasteiger partial charge in [0, 0.05) is 0 Å². The Hall–Kier alpha value is 0.125. The number of rotatable bonds is 7. The molecule has 0 aliphatic carbocycles. The molecule has 5 nitrogen and oxygen atoms in total. The number of carbonyl (C=O) groups excluding carboxylic acids is 2. The number of ether oxygens (including phenoxy) is 2. The van der Waals surface area contributed by atoms with Crippen molar-refractivity contribution in [2.45, 2.75) is 32.2 Å². The van der Waals surface area contributed by atoms with Gasteiger partial charge in [-0.1, -0.05) is 0 Å². The Kier molecular flexibility index (Phi) is 9.17. The van der Waals surface area contributed by atoms with Gasteiger partial charge in [0.2, 0.25) is 0 Å². The minimum atomic E-state index is -0.571. The fourth-order valence-corrected chi connectivity index (χ4v) is 1.91. The monoisotopic (exact) mass is 374 g/mol. The van der Waals surface area contributed by atoms with Crippen molar-refractivity contribution in [3.05, 3.63) is 0 Å². The highest BCUT2D eigenvalue weighted by atomic mass is 127. The summed E-state index contributed by atoms with van der Waals surface area (Å²) in [5.41, 5.74) is 0. The molecule has 0 aromatic rings. The highest BCUT2D eigenvalue weighted by Crippen LogP contribution is 2.27. The van der Waals surface area contributed by atoms with Gasteiger partial charge < -0.3 is 14.6 Å². The van der Waals surface area contributed by atoms with Gasteiger partial charge in [0.25, 0.3) is 4.29 Å². The SMILES string of the molecule is CC(C)OC(=O)CC(B(P)I)C(=O)OCCO. The highest BCUT2D eigenvalue weighted by Gasteiger charge is 2.31. The van der Waals surface area contributed by atoms with Gasteiger partial charge >= 0.3 is 11.9 Å². The first-order valence-electron chi connectivity index (χ1n) is 5.25.